The molecule has 8 heteroatoms. The summed E-state index contributed by atoms with van der Waals surface area (Å²) in [6, 6.07) is 10.1. The summed E-state index contributed by atoms with van der Waals surface area (Å²) in [5.41, 5.74) is 0.892. The lowest BCUT2D eigenvalue weighted by atomic mass is 10.1. The number of nitrogens with one attached hydrogen (secondary N) is 2. The molecule has 2 rings (SSSR count). The van der Waals surface area contributed by atoms with Gasteiger partial charge in [0, 0.05) is 29.8 Å². The highest BCUT2D eigenvalue weighted by Crippen LogP contribution is 2.27. The second-order valence-corrected chi connectivity index (χ2v) is 6.51. The molecule has 0 spiro atoms. The molecule has 2 amide bonds. The highest BCUT2D eigenvalue weighted by molar-refractivity contribution is 6.34. The third-order valence-corrected chi connectivity index (χ3v) is 3.76. The van der Waals surface area contributed by atoms with Gasteiger partial charge in [0.25, 0.3) is 11.6 Å². The fraction of sp³-hybridized carbons (Fsp3) is 0.222. The summed E-state index contributed by atoms with van der Waals surface area (Å²) >= 11 is 5.97. The molecule has 2 aromatic rings. The predicted octanol–water partition coefficient (Wildman–Crippen LogP) is 4.49. The minimum atomic E-state index is -0.569. The van der Waals surface area contributed by atoms with Crippen molar-refractivity contribution in [2.45, 2.75) is 20.3 Å². The van der Waals surface area contributed by atoms with Gasteiger partial charge in [-0.1, -0.05) is 25.4 Å². The maximum Gasteiger partial charge on any atom is 0.271 e. The molecular weight excluding hydrogens is 358 g/mol. The fourth-order valence-corrected chi connectivity index (χ4v) is 2.37. The lowest BCUT2D eigenvalue weighted by Gasteiger charge is -2.09. The minimum absolute atomic E-state index is 0.0967. The summed E-state index contributed by atoms with van der Waals surface area (Å²) in [6.07, 6.45) is 0.410. The quantitative estimate of drug-likeness (QED) is 0.573. The number of carbonyl (C=O) groups excluding carboxylic acids is 2. The first-order valence-electron chi connectivity index (χ1n) is 7.91. The smallest absolute Gasteiger partial charge is 0.271 e. The summed E-state index contributed by atoms with van der Waals surface area (Å²) in [5, 5.41) is 16.3. The molecule has 0 saturated carbocycles. The zero-order chi connectivity index (χ0) is 19.3. The average molecular weight is 376 g/mol. The number of carbonyl (C=O) groups is 2. The van der Waals surface area contributed by atoms with E-state index < -0.39 is 10.8 Å². The van der Waals surface area contributed by atoms with Crippen LogP contribution in [0, 0.1) is 16.0 Å². The molecular formula is C18H18ClN3O4. The molecule has 0 aliphatic rings. The van der Waals surface area contributed by atoms with Crippen LogP contribution in [0.1, 0.15) is 30.6 Å². The molecule has 0 bridgehead atoms. The number of anilines is 2. The minimum Gasteiger partial charge on any atom is -0.326 e. The lowest BCUT2D eigenvalue weighted by molar-refractivity contribution is -0.384. The van der Waals surface area contributed by atoms with E-state index in [-0.39, 0.29) is 28.2 Å². The number of benzene rings is 2. The van der Waals surface area contributed by atoms with Gasteiger partial charge in [-0.15, -0.1) is 0 Å². The first-order valence-corrected chi connectivity index (χ1v) is 8.29. The number of nitro groups is 1. The predicted molar refractivity (Wildman–Crippen MR) is 101 cm³/mol. The van der Waals surface area contributed by atoms with Crippen molar-refractivity contribution in [3.63, 3.8) is 0 Å². The summed E-state index contributed by atoms with van der Waals surface area (Å²) < 4.78 is 0. The summed E-state index contributed by atoms with van der Waals surface area (Å²) in [7, 11) is 0. The van der Waals surface area contributed by atoms with Crippen molar-refractivity contribution in [2.75, 3.05) is 10.6 Å². The van der Waals surface area contributed by atoms with Crippen LogP contribution >= 0.6 is 11.6 Å². The van der Waals surface area contributed by atoms with Crippen LogP contribution in [0.5, 0.6) is 0 Å². The number of nitrogens with zero attached hydrogens (tertiary/aromatic N) is 1. The Morgan fingerprint density at radius 3 is 2.35 bits per heavy atom. The molecule has 136 valence electrons. The molecule has 0 aromatic heterocycles. The molecule has 2 N–H and O–H groups in total. The average Bonchev–Trinajstić information content (AvgIpc) is 2.56. The fourth-order valence-electron chi connectivity index (χ4n) is 2.20. The van der Waals surface area contributed by atoms with Crippen LogP contribution in [0.25, 0.3) is 0 Å². The standard InChI is InChI=1S/C18H18ClN3O4/c1-11(2)9-17(23)20-13-5-3-12(4-6-13)18(24)21-16-10-14(22(25)26)7-8-15(16)19/h3-8,10-11H,9H2,1-2H3,(H,20,23)(H,21,24). The number of nitro benzene ring substituents is 1. The molecule has 0 aliphatic carbocycles. The van der Waals surface area contributed by atoms with Crippen LogP contribution in [0.3, 0.4) is 0 Å². The van der Waals surface area contributed by atoms with Crippen LogP contribution in [0.2, 0.25) is 5.02 Å². The van der Waals surface area contributed by atoms with Crippen LogP contribution in [-0.4, -0.2) is 16.7 Å². The van der Waals surface area contributed by atoms with E-state index >= 15 is 0 Å². The molecule has 0 atom stereocenters. The first kappa shape index (κ1) is 19.4. The molecule has 26 heavy (non-hydrogen) atoms. The third kappa shape index (κ3) is 5.29. The van der Waals surface area contributed by atoms with Crippen molar-refractivity contribution in [3.05, 3.63) is 63.2 Å². The first-order chi connectivity index (χ1) is 12.3. The van der Waals surface area contributed by atoms with Crippen molar-refractivity contribution in [3.8, 4) is 0 Å². The molecule has 0 aliphatic heterocycles. The molecule has 7 nitrogen and oxygen atoms in total. The van der Waals surface area contributed by atoms with Gasteiger partial charge in [-0.05, 0) is 36.2 Å². The largest absolute Gasteiger partial charge is 0.326 e. The van der Waals surface area contributed by atoms with Crippen molar-refractivity contribution < 1.29 is 14.5 Å². The number of rotatable bonds is 6. The Morgan fingerprint density at radius 2 is 1.77 bits per heavy atom. The summed E-state index contributed by atoms with van der Waals surface area (Å²) in [5.74, 6) is -0.312. The van der Waals surface area contributed by atoms with Crippen molar-refractivity contribution >= 4 is 40.5 Å². The zero-order valence-electron chi connectivity index (χ0n) is 14.3. The molecule has 0 heterocycles. The van der Waals surface area contributed by atoms with E-state index in [1.54, 1.807) is 24.3 Å². The summed E-state index contributed by atoms with van der Waals surface area (Å²) in [6.45, 7) is 3.90. The van der Waals surface area contributed by atoms with Crippen LogP contribution in [0.4, 0.5) is 17.1 Å². The van der Waals surface area contributed by atoms with Gasteiger partial charge in [0.05, 0.1) is 15.6 Å². The number of non-ortho nitro benzene ring substituents is 1. The van der Waals surface area contributed by atoms with Gasteiger partial charge in [0.2, 0.25) is 5.91 Å². The Balaban J connectivity index is 2.07. The van der Waals surface area contributed by atoms with Gasteiger partial charge in [-0.2, -0.15) is 0 Å². The Bertz CT molecular complexity index is 835. The van der Waals surface area contributed by atoms with Crippen LogP contribution < -0.4 is 10.6 Å². The molecule has 0 saturated heterocycles. The van der Waals surface area contributed by atoms with E-state index in [4.69, 9.17) is 11.6 Å². The lowest BCUT2D eigenvalue weighted by Crippen LogP contribution is -2.15. The number of amides is 2. The van der Waals surface area contributed by atoms with E-state index in [1.165, 1.54) is 18.2 Å². The molecule has 0 radical (unpaired) electrons. The van der Waals surface area contributed by atoms with Gasteiger partial charge in [0.15, 0.2) is 0 Å². The molecule has 0 fully saturated rings. The Hall–Kier alpha value is -2.93. The SMILES string of the molecule is CC(C)CC(=O)Nc1ccc(C(=O)Nc2cc([N+](=O)[O-])ccc2Cl)cc1. The van der Waals surface area contributed by atoms with E-state index in [2.05, 4.69) is 10.6 Å². The Kier molecular flexibility index (Phi) is 6.30. The third-order valence-electron chi connectivity index (χ3n) is 3.43. The Labute approximate surface area is 155 Å². The normalized spacial score (nSPS) is 10.5. The van der Waals surface area contributed by atoms with E-state index in [0.29, 0.717) is 17.7 Å². The van der Waals surface area contributed by atoms with Crippen LogP contribution in [0.15, 0.2) is 42.5 Å². The van der Waals surface area contributed by atoms with Gasteiger partial charge >= 0.3 is 0 Å². The summed E-state index contributed by atoms with van der Waals surface area (Å²) in [4.78, 5) is 34.3. The van der Waals surface area contributed by atoms with Crippen molar-refractivity contribution in [2.24, 2.45) is 5.92 Å². The monoisotopic (exact) mass is 375 g/mol. The topological polar surface area (TPSA) is 101 Å². The van der Waals surface area contributed by atoms with E-state index in [1.807, 2.05) is 13.8 Å². The maximum atomic E-state index is 12.3. The van der Waals surface area contributed by atoms with Gasteiger partial charge < -0.3 is 10.6 Å². The second-order valence-electron chi connectivity index (χ2n) is 6.10. The van der Waals surface area contributed by atoms with Crippen molar-refractivity contribution in [1.82, 2.24) is 0 Å². The van der Waals surface area contributed by atoms with Crippen molar-refractivity contribution in [1.29, 1.82) is 0 Å². The van der Waals surface area contributed by atoms with E-state index in [0.717, 1.165) is 0 Å². The maximum absolute atomic E-state index is 12.3. The number of hydrogen-bond acceptors (Lipinski definition) is 4. The zero-order valence-corrected chi connectivity index (χ0v) is 15.0. The second kappa shape index (κ2) is 8.44. The Morgan fingerprint density at radius 1 is 1.12 bits per heavy atom. The molecule has 0 unspecified atom stereocenters. The highest BCUT2D eigenvalue weighted by atomic mass is 35.5. The number of hydrogen-bond donors (Lipinski definition) is 2. The van der Waals surface area contributed by atoms with Gasteiger partial charge in [-0.3, -0.25) is 19.7 Å². The number of halogens is 1. The van der Waals surface area contributed by atoms with Gasteiger partial charge in [0.1, 0.15) is 0 Å². The van der Waals surface area contributed by atoms with Gasteiger partial charge in [-0.25, -0.2) is 0 Å². The van der Waals surface area contributed by atoms with E-state index in [9.17, 15) is 19.7 Å². The van der Waals surface area contributed by atoms with Crippen LogP contribution in [-0.2, 0) is 4.79 Å². The highest BCUT2D eigenvalue weighted by Gasteiger charge is 2.13. The molecule has 2 aromatic carbocycles.